The molecule has 5 nitrogen and oxygen atoms in total. The van der Waals surface area contributed by atoms with E-state index in [1.807, 2.05) is 25.1 Å². The van der Waals surface area contributed by atoms with Crippen molar-refractivity contribution in [2.75, 3.05) is 18.4 Å². The van der Waals surface area contributed by atoms with Crippen molar-refractivity contribution in [3.05, 3.63) is 30.1 Å². The molecule has 2 aromatic rings. The lowest BCUT2D eigenvalue weighted by molar-refractivity contribution is 0.425. The van der Waals surface area contributed by atoms with Gasteiger partial charge in [-0.05, 0) is 51.4 Å². The van der Waals surface area contributed by atoms with Gasteiger partial charge in [0.2, 0.25) is 0 Å². The summed E-state index contributed by atoms with van der Waals surface area (Å²) in [6.07, 6.45) is 3.53. The van der Waals surface area contributed by atoms with Crippen molar-refractivity contribution in [3.63, 3.8) is 0 Å². The number of benzene rings is 1. The Hall–Kier alpha value is -1.88. The van der Waals surface area contributed by atoms with Gasteiger partial charge < -0.3 is 15.2 Å². The van der Waals surface area contributed by atoms with E-state index in [0.29, 0.717) is 17.8 Å². The van der Waals surface area contributed by atoms with Gasteiger partial charge in [-0.3, -0.25) is 0 Å². The number of anilines is 1. The highest BCUT2D eigenvalue weighted by atomic mass is 16.5. The molecule has 2 N–H and O–H groups in total. The first-order chi connectivity index (χ1) is 9.83. The van der Waals surface area contributed by atoms with Crippen LogP contribution in [0, 0.1) is 6.92 Å². The third-order valence-corrected chi connectivity index (χ3v) is 3.62. The molecule has 0 saturated carbocycles. The van der Waals surface area contributed by atoms with E-state index in [9.17, 15) is 0 Å². The van der Waals surface area contributed by atoms with Crippen LogP contribution in [0.4, 0.5) is 5.69 Å². The van der Waals surface area contributed by atoms with Crippen molar-refractivity contribution in [2.24, 2.45) is 0 Å². The third-order valence-electron chi connectivity index (χ3n) is 3.62. The molecular formula is C15H20N4O. The van der Waals surface area contributed by atoms with Crippen LogP contribution in [0.3, 0.4) is 0 Å². The smallest absolute Gasteiger partial charge is 0.260 e. The van der Waals surface area contributed by atoms with Crippen molar-refractivity contribution in [2.45, 2.75) is 32.2 Å². The highest BCUT2D eigenvalue weighted by Gasteiger charge is 2.16. The Labute approximate surface area is 118 Å². The van der Waals surface area contributed by atoms with Crippen LogP contribution in [0.5, 0.6) is 0 Å². The minimum atomic E-state index is 0.496. The summed E-state index contributed by atoms with van der Waals surface area (Å²) in [5.41, 5.74) is 2.05. The maximum absolute atomic E-state index is 5.29. The molecule has 1 aromatic carbocycles. The number of hydrogen-bond acceptors (Lipinski definition) is 5. The molecule has 106 valence electrons. The maximum atomic E-state index is 5.29. The van der Waals surface area contributed by atoms with Crippen molar-refractivity contribution in [1.29, 1.82) is 0 Å². The number of hydrogen-bond donors (Lipinski definition) is 2. The molecule has 20 heavy (non-hydrogen) atoms. The van der Waals surface area contributed by atoms with E-state index < -0.39 is 0 Å². The topological polar surface area (TPSA) is 63.0 Å². The predicted molar refractivity (Wildman–Crippen MR) is 78.6 cm³/mol. The van der Waals surface area contributed by atoms with Crippen LogP contribution in [-0.4, -0.2) is 29.3 Å². The van der Waals surface area contributed by atoms with Gasteiger partial charge in [0.1, 0.15) is 0 Å². The van der Waals surface area contributed by atoms with Gasteiger partial charge >= 0.3 is 0 Å². The lowest BCUT2D eigenvalue weighted by atomic mass is 10.1. The second-order valence-corrected chi connectivity index (χ2v) is 5.21. The minimum Gasteiger partial charge on any atom is -0.382 e. The van der Waals surface area contributed by atoms with Crippen LogP contribution < -0.4 is 10.6 Å². The van der Waals surface area contributed by atoms with Gasteiger partial charge in [0.05, 0.1) is 5.56 Å². The summed E-state index contributed by atoms with van der Waals surface area (Å²) in [6.45, 7) is 4.02. The molecule has 0 radical (unpaired) electrons. The van der Waals surface area contributed by atoms with Gasteiger partial charge in [0.25, 0.3) is 5.89 Å². The monoisotopic (exact) mass is 272 g/mol. The number of nitrogens with zero attached hydrogens (tertiary/aromatic N) is 2. The second-order valence-electron chi connectivity index (χ2n) is 5.21. The zero-order valence-electron chi connectivity index (χ0n) is 11.7. The zero-order chi connectivity index (χ0) is 13.8. The molecule has 0 spiro atoms. The van der Waals surface area contributed by atoms with E-state index in [-0.39, 0.29) is 0 Å². The molecule has 2 heterocycles. The first-order valence-corrected chi connectivity index (χ1v) is 7.20. The molecule has 1 aromatic heterocycles. The van der Waals surface area contributed by atoms with E-state index in [1.54, 1.807) is 0 Å². The van der Waals surface area contributed by atoms with E-state index >= 15 is 0 Å². The fourth-order valence-electron chi connectivity index (χ4n) is 2.59. The van der Waals surface area contributed by atoms with Crippen LogP contribution >= 0.6 is 0 Å². The van der Waals surface area contributed by atoms with E-state index in [2.05, 4.69) is 26.8 Å². The number of para-hydroxylation sites is 1. The Morgan fingerprint density at radius 3 is 3.00 bits per heavy atom. The average Bonchev–Trinajstić information content (AvgIpc) is 2.73. The third kappa shape index (κ3) is 2.99. The first-order valence-electron chi connectivity index (χ1n) is 7.20. The number of nitrogens with one attached hydrogen (secondary N) is 2. The lowest BCUT2D eigenvalue weighted by Crippen LogP contribution is -2.21. The van der Waals surface area contributed by atoms with Gasteiger partial charge in [-0.2, -0.15) is 4.98 Å². The van der Waals surface area contributed by atoms with Gasteiger partial charge in [-0.25, -0.2) is 0 Å². The van der Waals surface area contributed by atoms with Crippen LogP contribution in [0.25, 0.3) is 11.5 Å². The summed E-state index contributed by atoms with van der Waals surface area (Å²) in [4.78, 5) is 4.32. The molecule has 1 saturated heterocycles. The number of rotatable bonds is 3. The predicted octanol–water partition coefficient (Wildman–Crippen LogP) is 2.60. The zero-order valence-corrected chi connectivity index (χ0v) is 11.7. The molecule has 5 heteroatoms. The maximum Gasteiger partial charge on any atom is 0.260 e. The second kappa shape index (κ2) is 6.05. The van der Waals surface area contributed by atoms with E-state index in [0.717, 1.165) is 30.8 Å². The fraction of sp³-hybridized carbons (Fsp3) is 0.467. The van der Waals surface area contributed by atoms with Crippen LogP contribution in [0.2, 0.25) is 0 Å². The van der Waals surface area contributed by atoms with Crippen molar-refractivity contribution < 1.29 is 4.52 Å². The van der Waals surface area contributed by atoms with E-state index in [4.69, 9.17) is 4.52 Å². The van der Waals surface area contributed by atoms with Crippen molar-refractivity contribution in [1.82, 2.24) is 15.5 Å². The van der Waals surface area contributed by atoms with Gasteiger partial charge in [0, 0.05) is 11.7 Å². The molecule has 1 aliphatic heterocycles. The summed E-state index contributed by atoms with van der Waals surface area (Å²) in [7, 11) is 0. The quantitative estimate of drug-likeness (QED) is 0.899. The average molecular weight is 272 g/mol. The van der Waals surface area contributed by atoms with Crippen molar-refractivity contribution in [3.8, 4) is 11.5 Å². The Morgan fingerprint density at radius 1 is 1.25 bits per heavy atom. The SMILES string of the molecule is Cc1noc(-c2ccccc2NC2CCCNCC2)n1. The highest BCUT2D eigenvalue weighted by Crippen LogP contribution is 2.27. The Bertz CT molecular complexity index is 559. The van der Waals surface area contributed by atoms with Gasteiger partial charge in [-0.1, -0.05) is 17.3 Å². The lowest BCUT2D eigenvalue weighted by Gasteiger charge is -2.18. The van der Waals surface area contributed by atoms with E-state index in [1.165, 1.54) is 12.8 Å². The largest absolute Gasteiger partial charge is 0.382 e. The van der Waals surface area contributed by atoms with Gasteiger partial charge in [-0.15, -0.1) is 0 Å². The Kier molecular flexibility index (Phi) is 3.97. The highest BCUT2D eigenvalue weighted by molar-refractivity contribution is 5.72. The summed E-state index contributed by atoms with van der Waals surface area (Å²) < 4.78 is 5.29. The summed E-state index contributed by atoms with van der Waals surface area (Å²) in [5.74, 6) is 1.24. The molecule has 1 unspecified atom stereocenters. The van der Waals surface area contributed by atoms with Gasteiger partial charge in [0.15, 0.2) is 5.82 Å². The number of aromatic nitrogens is 2. The fourth-order valence-corrected chi connectivity index (χ4v) is 2.59. The first kappa shape index (κ1) is 13.1. The molecule has 1 fully saturated rings. The molecule has 1 atom stereocenters. The molecular weight excluding hydrogens is 252 g/mol. The van der Waals surface area contributed by atoms with Crippen LogP contribution in [0.15, 0.2) is 28.8 Å². The van der Waals surface area contributed by atoms with Crippen LogP contribution in [-0.2, 0) is 0 Å². The normalized spacial score (nSPS) is 19.6. The molecule has 0 amide bonds. The van der Waals surface area contributed by atoms with Crippen LogP contribution in [0.1, 0.15) is 25.1 Å². The summed E-state index contributed by atoms with van der Waals surface area (Å²) >= 11 is 0. The molecule has 3 rings (SSSR count). The molecule has 1 aliphatic rings. The number of aryl methyl sites for hydroxylation is 1. The Balaban J connectivity index is 1.82. The Morgan fingerprint density at radius 2 is 2.15 bits per heavy atom. The summed E-state index contributed by atoms with van der Waals surface area (Å²) in [6, 6.07) is 8.62. The van der Waals surface area contributed by atoms with Crippen molar-refractivity contribution >= 4 is 5.69 Å². The standard InChI is InChI=1S/C15H20N4O/c1-11-17-15(20-19-11)13-6-2-3-7-14(13)18-12-5-4-9-16-10-8-12/h2-3,6-7,12,16,18H,4-5,8-10H2,1H3. The molecule has 0 aliphatic carbocycles. The summed E-state index contributed by atoms with van der Waals surface area (Å²) in [5, 5.41) is 10.9. The molecule has 0 bridgehead atoms. The minimum absolute atomic E-state index is 0.496.